The number of carbonyl (C=O) groups is 1. The molecule has 3 N–H and O–H groups in total. The van der Waals surface area contributed by atoms with Crippen molar-refractivity contribution in [2.75, 3.05) is 4.98 Å². The fourth-order valence-electron chi connectivity index (χ4n) is 3.31. The van der Waals surface area contributed by atoms with Gasteiger partial charge >= 0.3 is 5.97 Å². The van der Waals surface area contributed by atoms with Crippen molar-refractivity contribution in [3.63, 3.8) is 0 Å². The number of carboxylic acids is 1. The number of benzene rings is 3. The lowest BCUT2D eigenvalue weighted by molar-refractivity contribution is 0.0698. The van der Waals surface area contributed by atoms with Crippen LogP contribution in [-0.4, -0.2) is 25.9 Å². The molecule has 138 valence electrons. The zero-order valence-corrected chi connectivity index (χ0v) is 15.8. The third kappa shape index (κ3) is 3.01. The highest BCUT2D eigenvalue weighted by Crippen LogP contribution is 2.42. The Hall–Kier alpha value is -3.58. The summed E-state index contributed by atoms with van der Waals surface area (Å²) in [7, 11) is 0.434. The molecule has 0 saturated carbocycles. The van der Waals surface area contributed by atoms with Gasteiger partial charge in [0.25, 0.3) is 0 Å². The Bertz CT molecular complexity index is 1250. The molecule has 2 aromatic carbocycles. The molecule has 0 fully saturated rings. The number of rotatable bonds is 4. The van der Waals surface area contributed by atoms with Crippen LogP contribution in [0.15, 0.2) is 63.8 Å². The van der Waals surface area contributed by atoms with Gasteiger partial charge in [-0.3, -0.25) is 4.79 Å². The first kappa shape index (κ1) is 17.8. The summed E-state index contributed by atoms with van der Waals surface area (Å²) in [6.45, 7) is 1.96. The molecule has 6 nitrogen and oxygen atoms in total. The minimum absolute atomic E-state index is 0.0155. The summed E-state index contributed by atoms with van der Waals surface area (Å²) >= 11 is 0. The van der Waals surface area contributed by atoms with Crippen molar-refractivity contribution in [1.29, 1.82) is 0 Å². The molecule has 2 radical (unpaired) electrons. The summed E-state index contributed by atoms with van der Waals surface area (Å²) in [5.74, 6) is -0.713. The van der Waals surface area contributed by atoms with Crippen LogP contribution in [0.2, 0.25) is 6.55 Å². The van der Waals surface area contributed by atoms with Crippen LogP contribution in [0.4, 0.5) is 5.69 Å². The molecule has 1 aliphatic carbocycles. The van der Waals surface area contributed by atoms with Gasteiger partial charge in [-0.15, -0.1) is 0 Å². The molecular weight excluding hydrogens is 374 g/mol. The van der Waals surface area contributed by atoms with Gasteiger partial charge in [-0.1, -0.05) is 12.6 Å². The predicted molar refractivity (Wildman–Crippen MR) is 108 cm³/mol. The summed E-state index contributed by atoms with van der Waals surface area (Å²) in [5.41, 5.74) is 2.77. The first-order chi connectivity index (χ1) is 13.5. The second-order valence-corrected chi connectivity index (χ2v) is 7.01. The number of aromatic carboxylic acids is 1. The number of phenols is 1. The molecule has 0 saturated heterocycles. The molecule has 1 aliphatic heterocycles. The fourth-order valence-corrected chi connectivity index (χ4v) is 3.75. The molecule has 0 atom stereocenters. The van der Waals surface area contributed by atoms with Crippen molar-refractivity contribution in [2.45, 2.75) is 6.55 Å². The number of hydrogen-bond donors (Lipinski definition) is 3. The number of fused-ring (bicyclic) bond motifs is 2. The van der Waals surface area contributed by atoms with Gasteiger partial charge in [0.15, 0.2) is 15.1 Å². The van der Waals surface area contributed by atoms with Gasteiger partial charge in [-0.25, -0.2) is 4.79 Å². The van der Waals surface area contributed by atoms with Crippen LogP contribution in [0, 0.1) is 0 Å². The van der Waals surface area contributed by atoms with E-state index < -0.39 is 5.97 Å². The second kappa shape index (κ2) is 6.86. The maximum absolute atomic E-state index is 12.0. The fraction of sp³-hybridized carbons (Fsp3) is 0.0476. The topological polar surface area (TPSA) is 99.8 Å². The van der Waals surface area contributed by atoms with Crippen LogP contribution in [0.3, 0.4) is 0 Å². The maximum atomic E-state index is 12.0. The first-order valence-corrected chi connectivity index (χ1v) is 9.98. The number of hydrogen-bond acceptors (Lipinski definition) is 5. The highest BCUT2D eigenvalue weighted by Gasteiger charge is 2.22. The van der Waals surface area contributed by atoms with E-state index in [2.05, 4.69) is 4.98 Å². The van der Waals surface area contributed by atoms with E-state index >= 15 is 0 Å². The molecule has 7 heteroatoms. The van der Waals surface area contributed by atoms with Crippen molar-refractivity contribution in [3.05, 3.63) is 70.4 Å². The Morgan fingerprint density at radius 3 is 2.57 bits per heavy atom. The SMILES string of the molecule is C[Si]Nc1ccc(-c2c3ccc(=O)cc-3oc3cc(O)ccc23)c(C(=O)O)c1. The zero-order chi connectivity index (χ0) is 19.8. The molecule has 2 aromatic rings. The lowest BCUT2D eigenvalue weighted by Gasteiger charge is -2.17. The van der Waals surface area contributed by atoms with E-state index in [1.165, 1.54) is 24.3 Å². The minimum Gasteiger partial charge on any atom is -0.508 e. The smallest absolute Gasteiger partial charge is 0.336 e. The van der Waals surface area contributed by atoms with Gasteiger partial charge in [0.2, 0.25) is 0 Å². The van der Waals surface area contributed by atoms with E-state index in [0.717, 1.165) is 5.69 Å². The first-order valence-electron chi connectivity index (χ1n) is 8.48. The molecule has 0 unspecified atom stereocenters. The Morgan fingerprint density at radius 2 is 1.82 bits per heavy atom. The molecule has 4 rings (SSSR count). The van der Waals surface area contributed by atoms with Crippen molar-refractivity contribution in [3.8, 4) is 28.2 Å². The number of phenolic OH excluding ortho intramolecular Hbond substituents is 1. The van der Waals surface area contributed by atoms with Gasteiger partial charge < -0.3 is 19.6 Å². The van der Waals surface area contributed by atoms with E-state index in [1.807, 2.05) is 12.6 Å². The molecule has 0 spiro atoms. The average molecular weight is 389 g/mol. The van der Waals surface area contributed by atoms with E-state index in [4.69, 9.17) is 4.42 Å². The monoisotopic (exact) mass is 389 g/mol. The Kier molecular flexibility index (Phi) is 4.36. The quantitative estimate of drug-likeness (QED) is 0.360. The van der Waals surface area contributed by atoms with E-state index in [-0.39, 0.29) is 16.7 Å². The summed E-state index contributed by atoms with van der Waals surface area (Å²) in [5, 5.41) is 20.3. The minimum atomic E-state index is -1.06. The maximum Gasteiger partial charge on any atom is 0.336 e. The van der Waals surface area contributed by atoms with E-state index in [0.29, 0.717) is 43.1 Å². The average Bonchev–Trinajstić information content (AvgIpc) is 2.66. The van der Waals surface area contributed by atoms with Gasteiger partial charge in [0.1, 0.15) is 17.1 Å². The summed E-state index contributed by atoms with van der Waals surface area (Å²) in [6, 6.07) is 14.2. The van der Waals surface area contributed by atoms with Gasteiger partial charge in [0, 0.05) is 34.3 Å². The molecule has 0 bridgehead atoms. The van der Waals surface area contributed by atoms with Crippen LogP contribution in [-0.2, 0) is 0 Å². The van der Waals surface area contributed by atoms with Gasteiger partial charge in [-0.2, -0.15) is 0 Å². The Labute approximate surface area is 162 Å². The molecule has 28 heavy (non-hydrogen) atoms. The standard InChI is InChI=1S/C21H15NO5Si/c1-28-22-11-2-5-14(17(8-11)21(25)26)20-15-6-3-12(23)9-18(15)27-19-10-13(24)4-7-16(19)20/h2-10,22-23H,1H3,(H,25,26). The lowest BCUT2D eigenvalue weighted by atomic mass is 9.90. The van der Waals surface area contributed by atoms with Crippen LogP contribution in [0.1, 0.15) is 10.4 Å². The third-order valence-corrected chi connectivity index (χ3v) is 5.00. The molecule has 0 aromatic heterocycles. The number of nitrogens with one attached hydrogen (secondary N) is 1. The molecule has 0 amide bonds. The number of carboxylic acid groups (broad SMARTS) is 1. The summed E-state index contributed by atoms with van der Waals surface area (Å²) in [6.07, 6.45) is 0. The van der Waals surface area contributed by atoms with Gasteiger partial charge in [-0.05, 0) is 42.0 Å². The Balaban J connectivity index is 2.13. The van der Waals surface area contributed by atoms with Crippen molar-refractivity contribution in [2.24, 2.45) is 0 Å². The van der Waals surface area contributed by atoms with Gasteiger partial charge in [0.05, 0.1) is 5.56 Å². The van der Waals surface area contributed by atoms with Crippen LogP contribution in [0.25, 0.3) is 33.4 Å². The molecular formula is C21H15NO5Si. The van der Waals surface area contributed by atoms with E-state index in [1.54, 1.807) is 24.3 Å². The highest BCUT2D eigenvalue weighted by atomic mass is 28.2. The largest absolute Gasteiger partial charge is 0.508 e. The molecule has 2 aliphatic rings. The molecule has 1 heterocycles. The van der Waals surface area contributed by atoms with Crippen LogP contribution in [0.5, 0.6) is 5.75 Å². The number of anilines is 1. The van der Waals surface area contributed by atoms with Crippen molar-refractivity contribution >= 4 is 32.3 Å². The second-order valence-electron chi connectivity index (χ2n) is 6.26. The summed E-state index contributed by atoms with van der Waals surface area (Å²) < 4.78 is 5.81. The van der Waals surface area contributed by atoms with Crippen LogP contribution < -0.4 is 10.4 Å². The highest BCUT2D eigenvalue weighted by molar-refractivity contribution is 6.38. The van der Waals surface area contributed by atoms with Crippen molar-refractivity contribution < 1.29 is 19.4 Å². The summed E-state index contributed by atoms with van der Waals surface area (Å²) in [4.78, 5) is 27.0. The lowest BCUT2D eigenvalue weighted by Crippen LogP contribution is -2.06. The van der Waals surface area contributed by atoms with E-state index in [9.17, 15) is 19.8 Å². The third-order valence-electron chi connectivity index (χ3n) is 4.47. The Morgan fingerprint density at radius 1 is 1.04 bits per heavy atom. The predicted octanol–water partition coefficient (Wildman–Crippen LogP) is 4.05. The normalized spacial score (nSPS) is 11.0. The van der Waals surface area contributed by atoms with Crippen molar-refractivity contribution in [1.82, 2.24) is 0 Å². The number of aromatic hydroxyl groups is 1. The van der Waals surface area contributed by atoms with Crippen LogP contribution >= 0.6 is 0 Å². The zero-order valence-electron chi connectivity index (χ0n) is 14.8.